The fraction of sp³-hybridized carbons (Fsp3) is 0.818. The molecule has 0 spiro atoms. The van der Waals surface area contributed by atoms with E-state index in [0.29, 0.717) is 6.42 Å². The van der Waals surface area contributed by atoms with Crippen molar-refractivity contribution in [3.63, 3.8) is 0 Å². The number of alkyl halides is 1. The third-order valence-corrected chi connectivity index (χ3v) is 2.80. The van der Waals surface area contributed by atoms with Crippen molar-refractivity contribution in [1.29, 1.82) is 0 Å². The van der Waals surface area contributed by atoms with Crippen molar-refractivity contribution >= 4 is 23.6 Å². The predicted octanol–water partition coefficient (Wildman–Crippen LogP) is 3.09. The van der Waals surface area contributed by atoms with Gasteiger partial charge in [0.25, 0.3) is 0 Å². The number of hydrogen-bond donors (Lipinski definition) is 1. The molecular formula is C11H20ClNO3. The number of imide groups is 1. The van der Waals surface area contributed by atoms with Crippen LogP contribution in [0.3, 0.4) is 0 Å². The number of rotatable bonds is 7. The number of carbonyl (C=O) groups is 2. The van der Waals surface area contributed by atoms with E-state index in [4.69, 9.17) is 16.7 Å². The second kappa shape index (κ2) is 8.39. The van der Waals surface area contributed by atoms with Gasteiger partial charge in [0, 0.05) is 6.04 Å². The fourth-order valence-electron chi connectivity index (χ4n) is 1.68. The van der Waals surface area contributed by atoms with E-state index in [1.54, 1.807) is 0 Å². The summed E-state index contributed by atoms with van der Waals surface area (Å²) >= 11 is 5.40. The van der Waals surface area contributed by atoms with Crippen LogP contribution in [0.5, 0.6) is 0 Å². The molecule has 16 heavy (non-hydrogen) atoms. The first-order valence-electron chi connectivity index (χ1n) is 5.69. The van der Waals surface area contributed by atoms with Gasteiger partial charge in [0.1, 0.15) is 5.88 Å². The minimum absolute atomic E-state index is 0.240. The van der Waals surface area contributed by atoms with E-state index in [1.165, 1.54) is 0 Å². The average molecular weight is 250 g/mol. The van der Waals surface area contributed by atoms with Crippen LogP contribution >= 0.6 is 11.6 Å². The van der Waals surface area contributed by atoms with Gasteiger partial charge in [0.15, 0.2) is 0 Å². The Morgan fingerprint density at radius 2 is 1.94 bits per heavy atom. The molecule has 1 unspecified atom stereocenters. The standard InChI is InChI=1S/C11H20ClNO3/c1-3-5-6-7-9(4-2)13(11(15)16)10(14)8-12/h9H,3-8H2,1-2H3,(H,15,16). The van der Waals surface area contributed by atoms with E-state index in [0.717, 1.165) is 30.6 Å². The highest BCUT2D eigenvalue weighted by Crippen LogP contribution is 2.14. The van der Waals surface area contributed by atoms with E-state index in [2.05, 4.69) is 6.92 Å². The molecule has 4 nitrogen and oxygen atoms in total. The maximum atomic E-state index is 11.4. The van der Waals surface area contributed by atoms with Gasteiger partial charge in [-0.25, -0.2) is 9.69 Å². The molecule has 0 fully saturated rings. The Morgan fingerprint density at radius 3 is 2.31 bits per heavy atom. The molecule has 0 saturated heterocycles. The van der Waals surface area contributed by atoms with E-state index < -0.39 is 12.0 Å². The molecule has 0 aliphatic carbocycles. The maximum Gasteiger partial charge on any atom is 0.414 e. The van der Waals surface area contributed by atoms with Crippen LogP contribution in [0.25, 0.3) is 0 Å². The second-order valence-corrected chi connectivity index (χ2v) is 4.01. The molecule has 0 rings (SSSR count). The molecule has 0 aromatic carbocycles. The van der Waals surface area contributed by atoms with Gasteiger partial charge < -0.3 is 5.11 Å². The normalized spacial score (nSPS) is 12.2. The Kier molecular flexibility index (Phi) is 7.99. The van der Waals surface area contributed by atoms with E-state index in [1.807, 2.05) is 6.92 Å². The summed E-state index contributed by atoms with van der Waals surface area (Å²) in [5, 5.41) is 8.98. The van der Waals surface area contributed by atoms with Crippen LogP contribution in [0.4, 0.5) is 4.79 Å². The molecule has 0 aromatic heterocycles. The molecule has 0 aliphatic rings. The van der Waals surface area contributed by atoms with E-state index in [-0.39, 0.29) is 11.9 Å². The van der Waals surface area contributed by atoms with Crippen molar-refractivity contribution in [2.75, 3.05) is 5.88 Å². The highest BCUT2D eigenvalue weighted by atomic mass is 35.5. The van der Waals surface area contributed by atoms with Gasteiger partial charge in [-0.1, -0.05) is 33.1 Å². The lowest BCUT2D eigenvalue weighted by Crippen LogP contribution is -2.44. The van der Waals surface area contributed by atoms with Crippen LogP contribution in [0, 0.1) is 0 Å². The Balaban J connectivity index is 4.46. The zero-order chi connectivity index (χ0) is 12.6. The van der Waals surface area contributed by atoms with Crippen molar-refractivity contribution < 1.29 is 14.7 Å². The van der Waals surface area contributed by atoms with Gasteiger partial charge in [0.2, 0.25) is 5.91 Å². The summed E-state index contributed by atoms with van der Waals surface area (Å²) in [6.07, 6.45) is 3.23. The van der Waals surface area contributed by atoms with Crippen molar-refractivity contribution in [3.05, 3.63) is 0 Å². The maximum absolute atomic E-state index is 11.4. The van der Waals surface area contributed by atoms with Crippen LogP contribution in [0.2, 0.25) is 0 Å². The summed E-state index contributed by atoms with van der Waals surface area (Å²) in [4.78, 5) is 23.3. The average Bonchev–Trinajstić information content (AvgIpc) is 2.26. The van der Waals surface area contributed by atoms with Crippen molar-refractivity contribution in [2.24, 2.45) is 0 Å². The molecule has 5 heteroatoms. The fourth-order valence-corrected chi connectivity index (χ4v) is 1.81. The first-order valence-corrected chi connectivity index (χ1v) is 6.22. The SMILES string of the molecule is CCCCCC(CC)N(C(=O)O)C(=O)CCl. The number of hydrogen-bond acceptors (Lipinski definition) is 2. The third-order valence-electron chi connectivity index (χ3n) is 2.57. The number of nitrogens with zero attached hydrogens (tertiary/aromatic N) is 1. The highest BCUT2D eigenvalue weighted by Gasteiger charge is 2.27. The number of carbonyl (C=O) groups excluding carboxylic acids is 1. The van der Waals surface area contributed by atoms with Gasteiger partial charge in [0.05, 0.1) is 0 Å². The lowest BCUT2D eigenvalue weighted by molar-refractivity contribution is -0.128. The molecule has 94 valence electrons. The van der Waals surface area contributed by atoms with E-state index in [9.17, 15) is 9.59 Å². The topological polar surface area (TPSA) is 57.6 Å². The highest BCUT2D eigenvalue weighted by molar-refractivity contribution is 6.28. The summed E-state index contributed by atoms with van der Waals surface area (Å²) in [7, 11) is 0. The quantitative estimate of drug-likeness (QED) is 0.557. The smallest absolute Gasteiger partial charge is 0.414 e. The lowest BCUT2D eigenvalue weighted by atomic mass is 10.0. The number of carboxylic acid groups (broad SMARTS) is 1. The van der Waals surface area contributed by atoms with Crippen LogP contribution < -0.4 is 0 Å². The molecule has 2 amide bonds. The molecule has 0 aliphatic heterocycles. The summed E-state index contributed by atoms with van der Waals surface area (Å²) in [6, 6.07) is -0.240. The first-order chi connectivity index (χ1) is 7.58. The van der Waals surface area contributed by atoms with Gasteiger partial charge >= 0.3 is 6.09 Å². The minimum atomic E-state index is -1.20. The minimum Gasteiger partial charge on any atom is -0.465 e. The number of halogens is 1. The summed E-state index contributed by atoms with van der Waals surface area (Å²) in [5.41, 5.74) is 0. The van der Waals surface area contributed by atoms with Crippen LogP contribution in [0.15, 0.2) is 0 Å². The van der Waals surface area contributed by atoms with Crippen LogP contribution in [-0.4, -0.2) is 33.9 Å². The molecule has 0 bridgehead atoms. The lowest BCUT2D eigenvalue weighted by Gasteiger charge is -2.26. The zero-order valence-electron chi connectivity index (χ0n) is 9.91. The van der Waals surface area contributed by atoms with Crippen LogP contribution in [-0.2, 0) is 4.79 Å². The predicted molar refractivity (Wildman–Crippen MR) is 63.8 cm³/mol. The molecule has 0 radical (unpaired) electrons. The monoisotopic (exact) mass is 249 g/mol. The van der Waals surface area contributed by atoms with Gasteiger partial charge in [-0.05, 0) is 12.8 Å². The third kappa shape index (κ3) is 4.84. The summed E-state index contributed by atoms with van der Waals surface area (Å²) < 4.78 is 0. The van der Waals surface area contributed by atoms with Crippen LogP contribution in [0.1, 0.15) is 46.0 Å². The molecule has 0 aromatic rings. The van der Waals surface area contributed by atoms with Crippen molar-refractivity contribution in [3.8, 4) is 0 Å². The molecule has 1 atom stereocenters. The molecule has 0 saturated carbocycles. The van der Waals surface area contributed by atoms with Crippen molar-refractivity contribution in [1.82, 2.24) is 4.90 Å². The van der Waals surface area contributed by atoms with E-state index >= 15 is 0 Å². The summed E-state index contributed by atoms with van der Waals surface area (Å²) in [6.45, 7) is 3.97. The second-order valence-electron chi connectivity index (χ2n) is 3.74. The number of unbranched alkanes of at least 4 members (excludes halogenated alkanes) is 2. The Hall–Kier alpha value is -0.770. The Bertz CT molecular complexity index is 233. The zero-order valence-corrected chi connectivity index (χ0v) is 10.7. The Labute approximate surface area is 102 Å². The Morgan fingerprint density at radius 1 is 1.31 bits per heavy atom. The van der Waals surface area contributed by atoms with Gasteiger partial charge in [-0.2, -0.15) is 0 Å². The van der Waals surface area contributed by atoms with Gasteiger partial charge in [-0.15, -0.1) is 11.6 Å². The number of amides is 2. The van der Waals surface area contributed by atoms with Gasteiger partial charge in [-0.3, -0.25) is 4.79 Å². The van der Waals surface area contributed by atoms with Crippen molar-refractivity contribution in [2.45, 2.75) is 52.0 Å². The molecule has 0 heterocycles. The largest absolute Gasteiger partial charge is 0.465 e. The molecular weight excluding hydrogens is 230 g/mol. The first kappa shape index (κ1) is 15.2. The summed E-state index contributed by atoms with van der Waals surface area (Å²) in [5.74, 6) is -0.811. The molecule has 1 N–H and O–H groups in total.